The van der Waals surface area contributed by atoms with Crippen molar-refractivity contribution in [2.24, 2.45) is 23.7 Å². The van der Waals surface area contributed by atoms with Crippen molar-refractivity contribution >= 4 is 17.8 Å². The second-order valence-electron chi connectivity index (χ2n) is 8.11. The molecule has 6 heteroatoms. The molecule has 0 spiro atoms. The highest BCUT2D eigenvalue weighted by atomic mass is 16.5. The van der Waals surface area contributed by atoms with Gasteiger partial charge in [-0.2, -0.15) is 0 Å². The quantitative estimate of drug-likeness (QED) is 0.645. The van der Waals surface area contributed by atoms with Gasteiger partial charge in [-0.25, -0.2) is 4.79 Å². The molecular formula is C20H36N2O4. The lowest BCUT2D eigenvalue weighted by molar-refractivity contribution is -0.147. The molecule has 2 N–H and O–H groups in total. The molecule has 150 valence electrons. The summed E-state index contributed by atoms with van der Waals surface area (Å²) in [6, 6.07) is -1.37. The van der Waals surface area contributed by atoms with Gasteiger partial charge in [-0.3, -0.25) is 9.59 Å². The first-order chi connectivity index (χ1) is 12.2. The van der Waals surface area contributed by atoms with Gasteiger partial charge in [0, 0.05) is 5.92 Å². The first kappa shape index (κ1) is 22.5. The van der Waals surface area contributed by atoms with Crippen LogP contribution in [0.4, 0.5) is 0 Å². The molecule has 0 bridgehead atoms. The Hall–Kier alpha value is -1.59. The Morgan fingerprint density at radius 3 is 1.88 bits per heavy atom. The van der Waals surface area contributed by atoms with Gasteiger partial charge in [-0.1, -0.05) is 41.0 Å². The number of amides is 2. The molecule has 0 aromatic heterocycles. The zero-order valence-corrected chi connectivity index (χ0v) is 17.1. The van der Waals surface area contributed by atoms with Gasteiger partial charge in [0.25, 0.3) is 0 Å². The Bertz CT molecular complexity index is 482. The molecule has 2 atom stereocenters. The smallest absolute Gasteiger partial charge is 0.328 e. The van der Waals surface area contributed by atoms with Gasteiger partial charge in [0.15, 0.2) is 0 Å². The van der Waals surface area contributed by atoms with E-state index in [1.165, 1.54) is 7.11 Å². The largest absolute Gasteiger partial charge is 0.467 e. The van der Waals surface area contributed by atoms with Crippen LogP contribution in [0.3, 0.4) is 0 Å². The molecule has 0 heterocycles. The van der Waals surface area contributed by atoms with Gasteiger partial charge in [-0.15, -0.1) is 0 Å². The van der Waals surface area contributed by atoms with Gasteiger partial charge in [0.1, 0.15) is 12.1 Å². The summed E-state index contributed by atoms with van der Waals surface area (Å²) in [5.74, 6) is -0.327. The van der Waals surface area contributed by atoms with Crippen LogP contribution in [0.5, 0.6) is 0 Å². The first-order valence-corrected chi connectivity index (χ1v) is 9.89. The molecule has 0 saturated heterocycles. The van der Waals surface area contributed by atoms with E-state index in [4.69, 9.17) is 4.74 Å². The van der Waals surface area contributed by atoms with Crippen LogP contribution in [0.25, 0.3) is 0 Å². The van der Waals surface area contributed by atoms with E-state index in [0.29, 0.717) is 0 Å². The van der Waals surface area contributed by atoms with Gasteiger partial charge in [0.2, 0.25) is 11.8 Å². The van der Waals surface area contributed by atoms with Crippen LogP contribution >= 0.6 is 0 Å². The monoisotopic (exact) mass is 368 g/mol. The Kier molecular flexibility index (Phi) is 9.09. The third-order valence-electron chi connectivity index (χ3n) is 5.46. The van der Waals surface area contributed by atoms with Crippen LogP contribution in [0, 0.1) is 23.7 Å². The normalized spacial score (nSPS) is 22.6. The van der Waals surface area contributed by atoms with Crippen LogP contribution in [-0.2, 0) is 19.1 Å². The number of carbonyl (C=O) groups excluding carboxylic acids is 3. The summed E-state index contributed by atoms with van der Waals surface area (Å²) in [5, 5.41) is 5.66. The van der Waals surface area contributed by atoms with E-state index in [-0.39, 0.29) is 29.6 Å². The zero-order chi connectivity index (χ0) is 19.9. The van der Waals surface area contributed by atoms with E-state index in [9.17, 15) is 14.4 Å². The highest BCUT2D eigenvalue weighted by Crippen LogP contribution is 2.30. The van der Waals surface area contributed by atoms with Gasteiger partial charge in [-0.05, 0) is 43.4 Å². The summed E-state index contributed by atoms with van der Waals surface area (Å²) < 4.78 is 4.77. The number of hydrogen-bond donors (Lipinski definition) is 2. The fourth-order valence-electron chi connectivity index (χ4n) is 3.51. The Labute approximate surface area is 157 Å². The van der Waals surface area contributed by atoms with E-state index in [2.05, 4.69) is 17.6 Å². The molecule has 0 aromatic carbocycles. The summed E-state index contributed by atoms with van der Waals surface area (Å²) in [6.07, 6.45) is 5.08. The lowest BCUT2D eigenvalue weighted by atomic mass is 9.80. The number of esters is 1. The zero-order valence-electron chi connectivity index (χ0n) is 17.1. The molecule has 0 unspecified atom stereocenters. The van der Waals surface area contributed by atoms with Crippen LogP contribution in [-0.4, -0.2) is 37.0 Å². The number of ether oxygens (including phenoxy) is 1. The van der Waals surface area contributed by atoms with Gasteiger partial charge in [0.05, 0.1) is 7.11 Å². The Morgan fingerprint density at radius 1 is 0.923 bits per heavy atom. The predicted octanol–water partition coefficient (Wildman–Crippen LogP) is 2.66. The van der Waals surface area contributed by atoms with Gasteiger partial charge >= 0.3 is 5.97 Å². The second kappa shape index (κ2) is 10.5. The van der Waals surface area contributed by atoms with E-state index in [0.717, 1.165) is 38.0 Å². The van der Waals surface area contributed by atoms with Crippen LogP contribution in [0.2, 0.25) is 0 Å². The molecule has 1 rings (SSSR count). The van der Waals surface area contributed by atoms with E-state index < -0.39 is 18.1 Å². The Morgan fingerprint density at radius 2 is 1.46 bits per heavy atom. The maximum Gasteiger partial charge on any atom is 0.328 e. The maximum atomic E-state index is 12.7. The highest BCUT2D eigenvalue weighted by molar-refractivity contribution is 5.91. The SMILES string of the molecule is CCC1CCC(C(=O)N[C@H](C(=O)N[C@H](C(=O)OC)C(C)C)C(C)C)CC1. The molecule has 1 fully saturated rings. The summed E-state index contributed by atoms with van der Waals surface area (Å²) >= 11 is 0. The van der Waals surface area contributed by atoms with Gasteiger partial charge < -0.3 is 15.4 Å². The predicted molar refractivity (Wildman–Crippen MR) is 101 cm³/mol. The average molecular weight is 369 g/mol. The molecule has 0 aliphatic heterocycles. The lowest BCUT2D eigenvalue weighted by Crippen LogP contribution is -2.56. The molecule has 0 radical (unpaired) electrons. The van der Waals surface area contributed by atoms with Crippen molar-refractivity contribution in [3.05, 3.63) is 0 Å². The number of methoxy groups -OCH3 is 1. The van der Waals surface area contributed by atoms with E-state index in [1.54, 1.807) is 0 Å². The fourth-order valence-corrected chi connectivity index (χ4v) is 3.51. The summed E-state index contributed by atoms with van der Waals surface area (Å²) in [7, 11) is 1.30. The third-order valence-corrected chi connectivity index (χ3v) is 5.46. The highest BCUT2D eigenvalue weighted by Gasteiger charge is 2.33. The minimum absolute atomic E-state index is 0.0200. The number of carbonyl (C=O) groups is 3. The van der Waals surface area contributed by atoms with Crippen LogP contribution in [0.1, 0.15) is 66.7 Å². The number of nitrogens with one attached hydrogen (secondary N) is 2. The van der Waals surface area contributed by atoms with Crippen molar-refractivity contribution in [3.63, 3.8) is 0 Å². The number of rotatable bonds is 8. The minimum atomic E-state index is -0.717. The topological polar surface area (TPSA) is 84.5 Å². The standard InChI is InChI=1S/C20H36N2O4/c1-7-14-8-10-15(11-9-14)18(23)21-16(12(2)3)19(24)22-17(13(4)5)20(25)26-6/h12-17H,7-11H2,1-6H3,(H,21,23)(H,22,24)/t14?,15?,16-,17-/m0/s1. The van der Waals surface area contributed by atoms with E-state index in [1.807, 2.05) is 27.7 Å². The van der Waals surface area contributed by atoms with Crippen LogP contribution < -0.4 is 10.6 Å². The van der Waals surface area contributed by atoms with Crippen molar-refractivity contribution in [3.8, 4) is 0 Å². The maximum absolute atomic E-state index is 12.7. The average Bonchev–Trinajstić information content (AvgIpc) is 2.62. The van der Waals surface area contributed by atoms with Crippen molar-refractivity contribution in [1.29, 1.82) is 0 Å². The number of hydrogen-bond acceptors (Lipinski definition) is 4. The molecule has 2 amide bonds. The summed E-state index contributed by atoms with van der Waals surface area (Å²) in [6.45, 7) is 9.66. The first-order valence-electron chi connectivity index (χ1n) is 9.89. The fraction of sp³-hybridized carbons (Fsp3) is 0.850. The molecule has 1 aliphatic carbocycles. The van der Waals surface area contributed by atoms with Crippen molar-refractivity contribution in [2.75, 3.05) is 7.11 Å². The molecule has 26 heavy (non-hydrogen) atoms. The molecule has 1 saturated carbocycles. The third kappa shape index (κ3) is 6.29. The van der Waals surface area contributed by atoms with Crippen molar-refractivity contribution in [2.45, 2.75) is 78.8 Å². The lowest BCUT2D eigenvalue weighted by Gasteiger charge is -2.30. The second-order valence-corrected chi connectivity index (χ2v) is 8.11. The summed E-state index contributed by atoms with van der Waals surface area (Å²) in [5.41, 5.74) is 0. The van der Waals surface area contributed by atoms with Crippen LogP contribution in [0.15, 0.2) is 0 Å². The van der Waals surface area contributed by atoms with Crippen molar-refractivity contribution < 1.29 is 19.1 Å². The molecular weight excluding hydrogens is 332 g/mol. The van der Waals surface area contributed by atoms with Crippen molar-refractivity contribution in [1.82, 2.24) is 10.6 Å². The summed E-state index contributed by atoms with van der Waals surface area (Å²) in [4.78, 5) is 37.2. The molecule has 1 aliphatic rings. The Balaban J connectivity index is 2.71. The minimum Gasteiger partial charge on any atom is -0.467 e. The molecule has 0 aromatic rings. The van der Waals surface area contributed by atoms with E-state index >= 15 is 0 Å². The molecule has 6 nitrogen and oxygen atoms in total.